The minimum absolute atomic E-state index is 0.106. The van der Waals surface area contributed by atoms with Gasteiger partial charge in [-0.15, -0.1) is 0 Å². The lowest BCUT2D eigenvalue weighted by molar-refractivity contribution is -0.119. The minimum atomic E-state index is -0.412. The van der Waals surface area contributed by atoms with Crippen LogP contribution in [0.25, 0.3) is 0 Å². The summed E-state index contributed by atoms with van der Waals surface area (Å²) in [6.45, 7) is 6.86. The number of ether oxygens (including phenoxy) is 1. The highest BCUT2D eigenvalue weighted by molar-refractivity contribution is 5.80. The predicted molar refractivity (Wildman–Crippen MR) is 48.5 cm³/mol. The Morgan fingerprint density at radius 1 is 1.00 bits per heavy atom. The second-order valence-electron chi connectivity index (χ2n) is 4.32. The molecule has 1 aliphatic rings. The van der Waals surface area contributed by atoms with Crippen molar-refractivity contribution >= 4 is 11.6 Å². The van der Waals surface area contributed by atoms with E-state index < -0.39 is 11.2 Å². The van der Waals surface area contributed by atoms with Crippen molar-refractivity contribution in [2.24, 2.45) is 0 Å². The quantitative estimate of drug-likeness (QED) is 0.622. The number of epoxide rings is 1. The van der Waals surface area contributed by atoms with Gasteiger partial charge >= 0.3 is 0 Å². The van der Waals surface area contributed by atoms with Crippen LogP contribution in [0.1, 0.15) is 40.5 Å². The number of rotatable bonds is 4. The van der Waals surface area contributed by atoms with Crippen molar-refractivity contribution in [3.8, 4) is 0 Å². The first-order valence-corrected chi connectivity index (χ1v) is 4.48. The Morgan fingerprint density at radius 3 is 1.54 bits per heavy atom. The first-order valence-electron chi connectivity index (χ1n) is 4.48. The third kappa shape index (κ3) is 1.97. The molecule has 0 bridgehead atoms. The van der Waals surface area contributed by atoms with E-state index in [1.165, 1.54) is 0 Å². The Morgan fingerprint density at radius 2 is 1.31 bits per heavy atom. The molecule has 0 aromatic heterocycles. The predicted octanol–water partition coefficient (Wildman–Crippen LogP) is 1.49. The van der Waals surface area contributed by atoms with Gasteiger partial charge in [0.1, 0.15) is 22.8 Å². The second kappa shape index (κ2) is 2.91. The topological polar surface area (TPSA) is 46.7 Å². The van der Waals surface area contributed by atoms with Crippen molar-refractivity contribution in [3.05, 3.63) is 0 Å². The number of Topliss-reactive ketones (excluding diaryl/α,β-unsaturated/α-hetero) is 2. The van der Waals surface area contributed by atoms with Crippen LogP contribution in [0.2, 0.25) is 0 Å². The number of carbonyl (C=O) groups is 2. The third-order valence-electron chi connectivity index (χ3n) is 2.70. The smallest absolute Gasteiger partial charge is 0.132 e. The summed E-state index contributed by atoms with van der Waals surface area (Å²) in [7, 11) is 0. The zero-order chi connectivity index (χ0) is 10.3. The van der Waals surface area contributed by atoms with Gasteiger partial charge in [-0.25, -0.2) is 0 Å². The maximum absolute atomic E-state index is 10.9. The average Bonchev–Trinajstić information content (AvgIpc) is 2.27. The molecule has 0 amide bonds. The molecule has 1 saturated heterocycles. The van der Waals surface area contributed by atoms with E-state index in [1.54, 1.807) is 13.8 Å². The van der Waals surface area contributed by atoms with E-state index in [-0.39, 0.29) is 11.6 Å². The maximum Gasteiger partial charge on any atom is 0.132 e. The molecule has 1 rings (SSSR count). The molecule has 2 atom stereocenters. The van der Waals surface area contributed by atoms with Crippen LogP contribution in [-0.2, 0) is 14.3 Å². The summed E-state index contributed by atoms with van der Waals surface area (Å²) in [4.78, 5) is 21.8. The molecule has 74 valence electrons. The van der Waals surface area contributed by atoms with Gasteiger partial charge in [0.2, 0.25) is 0 Å². The summed E-state index contributed by atoms with van der Waals surface area (Å²) >= 11 is 0. The Kier molecular flexibility index (Phi) is 2.32. The highest BCUT2D eigenvalue weighted by Crippen LogP contribution is 2.52. The summed E-state index contributed by atoms with van der Waals surface area (Å²) in [5, 5.41) is 0. The number of carbonyl (C=O) groups excluding carboxylic acids is 2. The van der Waals surface area contributed by atoms with Gasteiger partial charge in [-0.1, -0.05) is 0 Å². The zero-order valence-corrected chi connectivity index (χ0v) is 8.64. The van der Waals surface area contributed by atoms with Gasteiger partial charge in [-0.2, -0.15) is 0 Å². The van der Waals surface area contributed by atoms with Crippen molar-refractivity contribution in [1.29, 1.82) is 0 Å². The molecule has 0 aromatic rings. The van der Waals surface area contributed by atoms with Crippen LogP contribution < -0.4 is 0 Å². The molecule has 0 spiro atoms. The number of hydrogen-bond donors (Lipinski definition) is 0. The monoisotopic (exact) mass is 184 g/mol. The van der Waals surface area contributed by atoms with E-state index in [0.717, 1.165) is 0 Å². The highest BCUT2D eigenvalue weighted by Gasteiger charge is 2.63. The second-order valence-corrected chi connectivity index (χ2v) is 4.32. The zero-order valence-electron chi connectivity index (χ0n) is 8.64. The van der Waals surface area contributed by atoms with Crippen LogP contribution in [0.5, 0.6) is 0 Å². The molecular formula is C10H16O3. The molecule has 0 radical (unpaired) electrons. The highest BCUT2D eigenvalue weighted by atomic mass is 16.6. The summed E-state index contributed by atoms with van der Waals surface area (Å²) in [5.74, 6) is 0.213. The van der Waals surface area contributed by atoms with E-state index >= 15 is 0 Å². The summed E-state index contributed by atoms with van der Waals surface area (Å²) in [6.07, 6.45) is 0.799. The largest absolute Gasteiger partial charge is 0.362 e. The lowest BCUT2D eigenvalue weighted by Crippen LogP contribution is -2.24. The van der Waals surface area contributed by atoms with Crippen LogP contribution in [0.15, 0.2) is 0 Å². The van der Waals surface area contributed by atoms with Gasteiger partial charge in [0.05, 0.1) is 0 Å². The van der Waals surface area contributed by atoms with Gasteiger partial charge in [0, 0.05) is 12.8 Å². The average molecular weight is 184 g/mol. The SMILES string of the molecule is CC(=O)CC1(C)OC1(C)CC(C)=O. The molecule has 3 nitrogen and oxygen atoms in total. The minimum Gasteiger partial charge on any atom is -0.362 e. The molecule has 1 fully saturated rings. The van der Waals surface area contributed by atoms with E-state index in [2.05, 4.69) is 0 Å². The first kappa shape index (κ1) is 10.4. The third-order valence-corrected chi connectivity index (χ3v) is 2.70. The Bertz CT molecular complexity index is 233. The van der Waals surface area contributed by atoms with E-state index in [9.17, 15) is 9.59 Å². The van der Waals surface area contributed by atoms with Gasteiger partial charge in [0.25, 0.3) is 0 Å². The van der Waals surface area contributed by atoms with Gasteiger partial charge < -0.3 is 4.74 Å². The maximum atomic E-state index is 10.9. The van der Waals surface area contributed by atoms with Crippen molar-refractivity contribution in [2.75, 3.05) is 0 Å². The number of ketones is 2. The first-order chi connectivity index (χ1) is 5.79. The molecular weight excluding hydrogens is 168 g/mol. The van der Waals surface area contributed by atoms with Gasteiger partial charge in [0.15, 0.2) is 0 Å². The Hall–Kier alpha value is -0.700. The molecule has 0 aliphatic carbocycles. The molecule has 0 saturated carbocycles. The Labute approximate surface area is 78.5 Å². The van der Waals surface area contributed by atoms with E-state index in [4.69, 9.17) is 4.74 Å². The van der Waals surface area contributed by atoms with Crippen LogP contribution >= 0.6 is 0 Å². The van der Waals surface area contributed by atoms with Crippen molar-refractivity contribution < 1.29 is 14.3 Å². The fraction of sp³-hybridized carbons (Fsp3) is 0.800. The van der Waals surface area contributed by atoms with Gasteiger partial charge in [-0.3, -0.25) is 9.59 Å². The fourth-order valence-electron chi connectivity index (χ4n) is 1.87. The molecule has 2 unspecified atom stereocenters. The standard InChI is InChI=1S/C10H16O3/c1-7(11)5-9(3)10(4,13-9)6-8(2)12/h5-6H2,1-4H3. The lowest BCUT2D eigenvalue weighted by atomic mass is 9.88. The molecule has 0 N–H and O–H groups in total. The molecule has 3 heteroatoms. The number of hydrogen-bond acceptors (Lipinski definition) is 3. The normalized spacial score (nSPS) is 37.2. The molecule has 13 heavy (non-hydrogen) atoms. The Balaban J connectivity index is 2.58. The van der Waals surface area contributed by atoms with Crippen LogP contribution in [0.3, 0.4) is 0 Å². The summed E-state index contributed by atoms with van der Waals surface area (Å²) in [5.41, 5.74) is -0.824. The lowest BCUT2D eigenvalue weighted by Gasteiger charge is -2.08. The molecule has 1 heterocycles. The van der Waals surface area contributed by atoms with E-state index in [1.807, 2.05) is 13.8 Å². The van der Waals surface area contributed by atoms with Crippen molar-refractivity contribution in [1.82, 2.24) is 0 Å². The van der Waals surface area contributed by atoms with E-state index in [0.29, 0.717) is 12.8 Å². The molecule has 0 aromatic carbocycles. The van der Waals surface area contributed by atoms with Gasteiger partial charge in [-0.05, 0) is 27.7 Å². The summed E-state index contributed by atoms with van der Waals surface area (Å²) < 4.78 is 5.47. The van der Waals surface area contributed by atoms with Crippen molar-refractivity contribution in [2.45, 2.75) is 51.7 Å². The van der Waals surface area contributed by atoms with Crippen LogP contribution in [-0.4, -0.2) is 22.8 Å². The van der Waals surface area contributed by atoms with Crippen LogP contribution in [0.4, 0.5) is 0 Å². The van der Waals surface area contributed by atoms with Crippen LogP contribution in [0, 0.1) is 0 Å². The van der Waals surface area contributed by atoms with Crippen molar-refractivity contribution in [3.63, 3.8) is 0 Å². The molecule has 1 aliphatic heterocycles. The fourth-order valence-corrected chi connectivity index (χ4v) is 1.87. The summed E-state index contributed by atoms with van der Waals surface area (Å²) in [6, 6.07) is 0.